The number of rotatable bonds is 6. The smallest absolute Gasteiger partial charge is 0.223 e. The first-order valence-corrected chi connectivity index (χ1v) is 9.35. The monoisotopic (exact) mass is 346 g/mol. The van der Waals surface area contributed by atoms with Crippen molar-refractivity contribution in [3.8, 4) is 0 Å². The minimum atomic E-state index is -0.0106. The molecule has 6 nitrogen and oxygen atoms in total. The van der Waals surface area contributed by atoms with Gasteiger partial charge in [-0.05, 0) is 51.9 Å². The second-order valence-corrected chi connectivity index (χ2v) is 7.65. The summed E-state index contributed by atoms with van der Waals surface area (Å²) in [6, 6.07) is 3.98. The van der Waals surface area contributed by atoms with Crippen LogP contribution in [-0.2, 0) is 16.0 Å². The lowest BCUT2D eigenvalue weighted by molar-refractivity contribution is -0.136. The molecular formula is C19H30N4O2. The van der Waals surface area contributed by atoms with Crippen molar-refractivity contribution in [3.05, 3.63) is 24.0 Å². The minimum absolute atomic E-state index is 0.0106. The molecule has 1 spiro atoms. The Labute approximate surface area is 150 Å². The number of piperidine rings is 1. The number of aromatic nitrogens is 1. The molecular weight excluding hydrogens is 316 g/mol. The van der Waals surface area contributed by atoms with E-state index in [-0.39, 0.29) is 17.4 Å². The average molecular weight is 346 g/mol. The summed E-state index contributed by atoms with van der Waals surface area (Å²) in [7, 11) is 4.08. The van der Waals surface area contributed by atoms with E-state index < -0.39 is 0 Å². The van der Waals surface area contributed by atoms with Crippen molar-refractivity contribution >= 4 is 11.8 Å². The number of carbonyl (C=O) groups excluding carboxylic acids is 2. The molecule has 2 aliphatic rings. The molecule has 0 saturated carbocycles. The Morgan fingerprint density at radius 2 is 2.04 bits per heavy atom. The van der Waals surface area contributed by atoms with E-state index >= 15 is 0 Å². The predicted molar refractivity (Wildman–Crippen MR) is 97.2 cm³/mol. The minimum Gasteiger partial charge on any atom is -0.365 e. The molecule has 0 aliphatic carbocycles. The largest absolute Gasteiger partial charge is 0.365 e. The van der Waals surface area contributed by atoms with Crippen LogP contribution in [0.4, 0.5) is 0 Å². The van der Waals surface area contributed by atoms with E-state index in [1.54, 1.807) is 0 Å². The number of H-pyrrole nitrogens is 1. The van der Waals surface area contributed by atoms with Crippen molar-refractivity contribution in [2.24, 2.45) is 0 Å². The van der Waals surface area contributed by atoms with Gasteiger partial charge in [0.2, 0.25) is 11.8 Å². The maximum absolute atomic E-state index is 12.5. The predicted octanol–water partition coefficient (Wildman–Crippen LogP) is 1.49. The second-order valence-electron chi connectivity index (χ2n) is 7.65. The molecule has 2 fully saturated rings. The van der Waals surface area contributed by atoms with E-state index in [0.29, 0.717) is 12.8 Å². The Hall–Kier alpha value is -1.82. The van der Waals surface area contributed by atoms with Crippen molar-refractivity contribution in [2.45, 2.75) is 44.1 Å². The summed E-state index contributed by atoms with van der Waals surface area (Å²) in [5, 5.41) is 0. The lowest BCUT2D eigenvalue weighted by atomic mass is 9.84. The van der Waals surface area contributed by atoms with Crippen LogP contribution in [0.15, 0.2) is 18.3 Å². The zero-order chi connectivity index (χ0) is 17.9. The summed E-state index contributed by atoms with van der Waals surface area (Å²) in [5.41, 5.74) is 1.10. The van der Waals surface area contributed by atoms with Gasteiger partial charge < -0.3 is 19.7 Å². The van der Waals surface area contributed by atoms with Crippen LogP contribution in [0.2, 0.25) is 0 Å². The van der Waals surface area contributed by atoms with Gasteiger partial charge >= 0.3 is 0 Å². The first-order valence-electron chi connectivity index (χ1n) is 9.35. The summed E-state index contributed by atoms with van der Waals surface area (Å²) in [6.07, 6.45) is 6.65. The summed E-state index contributed by atoms with van der Waals surface area (Å²) < 4.78 is 0. The third-order valence-corrected chi connectivity index (χ3v) is 5.77. The molecule has 6 heteroatoms. The third-order valence-electron chi connectivity index (χ3n) is 5.77. The van der Waals surface area contributed by atoms with Crippen LogP contribution < -0.4 is 0 Å². The van der Waals surface area contributed by atoms with Crippen LogP contribution in [0.25, 0.3) is 0 Å². The molecule has 2 saturated heterocycles. The number of aryl methyl sites for hydroxylation is 1. The molecule has 0 aromatic carbocycles. The van der Waals surface area contributed by atoms with Crippen molar-refractivity contribution in [3.63, 3.8) is 0 Å². The van der Waals surface area contributed by atoms with Crippen LogP contribution in [0.5, 0.6) is 0 Å². The lowest BCUT2D eigenvalue weighted by Crippen LogP contribution is -2.55. The number of likely N-dealkylation sites (N-methyl/N-ethyl adjacent to an activating group) is 1. The van der Waals surface area contributed by atoms with Gasteiger partial charge in [0, 0.05) is 56.5 Å². The average Bonchev–Trinajstić information content (AvgIpc) is 3.21. The van der Waals surface area contributed by atoms with E-state index in [4.69, 9.17) is 0 Å². The first-order chi connectivity index (χ1) is 12.0. The molecule has 0 atom stereocenters. The quantitative estimate of drug-likeness (QED) is 0.849. The molecule has 3 rings (SSSR count). The highest BCUT2D eigenvalue weighted by Gasteiger charge is 2.46. The molecule has 3 heterocycles. The van der Waals surface area contributed by atoms with Crippen molar-refractivity contribution in [1.29, 1.82) is 0 Å². The Kier molecular flexibility index (Phi) is 5.47. The van der Waals surface area contributed by atoms with Gasteiger partial charge in [-0.2, -0.15) is 0 Å². The number of hydrogen-bond donors (Lipinski definition) is 1. The van der Waals surface area contributed by atoms with Gasteiger partial charge in [-0.15, -0.1) is 0 Å². The normalized spacial score (nSPS) is 20.0. The number of likely N-dealkylation sites (tertiary alicyclic amines) is 2. The third kappa shape index (κ3) is 4.06. The summed E-state index contributed by atoms with van der Waals surface area (Å²) in [6.45, 7) is 3.24. The fraction of sp³-hybridized carbons (Fsp3) is 0.684. The number of amides is 2. The van der Waals surface area contributed by atoms with Gasteiger partial charge in [0.25, 0.3) is 0 Å². The van der Waals surface area contributed by atoms with E-state index in [1.807, 2.05) is 37.3 Å². The van der Waals surface area contributed by atoms with Crippen LogP contribution in [0.3, 0.4) is 0 Å². The number of aromatic amines is 1. The van der Waals surface area contributed by atoms with E-state index in [2.05, 4.69) is 14.8 Å². The van der Waals surface area contributed by atoms with Gasteiger partial charge in [-0.3, -0.25) is 9.59 Å². The molecule has 2 amide bonds. The zero-order valence-corrected chi connectivity index (χ0v) is 15.5. The van der Waals surface area contributed by atoms with Crippen molar-refractivity contribution in [1.82, 2.24) is 19.7 Å². The molecule has 1 aromatic heterocycles. The highest BCUT2D eigenvalue weighted by atomic mass is 16.2. The standard InChI is InChI=1S/C19H30N4O2/c1-21(2)14-15-23-18(25)7-8-19(23)9-12-22(13-10-19)17(24)6-5-16-4-3-11-20-16/h3-4,11,20H,5-10,12-15H2,1-2H3. The molecule has 1 N–H and O–H groups in total. The Balaban J connectivity index is 1.53. The van der Waals surface area contributed by atoms with Crippen LogP contribution in [0, 0.1) is 0 Å². The zero-order valence-electron chi connectivity index (χ0n) is 15.5. The number of nitrogens with zero attached hydrogens (tertiary/aromatic N) is 3. The second kappa shape index (κ2) is 7.60. The van der Waals surface area contributed by atoms with E-state index in [9.17, 15) is 9.59 Å². The maximum atomic E-state index is 12.5. The van der Waals surface area contributed by atoms with Gasteiger partial charge in [0.15, 0.2) is 0 Å². The van der Waals surface area contributed by atoms with Crippen LogP contribution in [-0.4, -0.2) is 77.3 Å². The first kappa shape index (κ1) is 18.0. The van der Waals surface area contributed by atoms with Gasteiger partial charge in [-0.25, -0.2) is 0 Å². The SMILES string of the molecule is CN(C)CCN1C(=O)CCC12CCN(C(=O)CCc1ccc[nH]1)CC2. The molecule has 0 radical (unpaired) electrons. The molecule has 1 aromatic rings. The number of carbonyl (C=O) groups is 2. The molecule has 138 valence electrons. The van der Waals surface area contributed by atoms with Gasteiger partial charge in [0.1, 0.15) is 0 Å². The van der Waals surface area contributed by atoms with Gasteiger partial charge in [0.05, 0.1) is 0 Å². The molecule has 0 bridgehead atoms. The lowest BCUT2D eigenvalue weighted by Gasteiger charge is -2.45. The van der Waals surface area contributed by atoms with E-state index in [0.717, 1.165) is 57.6 Å². The molecule has 2 aliphatic heterocycles. The number of nitrogens with one attached hydrogen (secondary N) is 1. The van der Waals surface area contributed by atoms with Crippen LogP contribution >= 0.6 is 0 Å². The topological polar surface area (TPSA) is 59.6 Å². The fourth-order valence-corrected chi connectivity index (χ4v) is 4.15. The number of hydrogen-bond acceptors (Lipinski definition) is 3. The van der Waals surface area contributed by atoms with E-state index in [1.165, 1.54) is 0 Å². The fourth-order valence-electron chi connectivity index (χ4n) is 4.15. The summed E-state index contributed by atoms with van der Waals surface area (Å²) in [4.78, 5) is 34.2. The summed E-state index contributed by atoms with van der Waals surface area (Å²) >= 11 is 0. The van der Waals surface area contributed by atoms with Gasteiger partial charge in [-0.1, -0.05) is 0 Å². The molecule has 25 heavy (non-hydrogen) atoms. The van der Waals surface area contributed by atoms with Crippen LogP contribution in [0.1, 0.15) is 37.8 Å². The highest BCUT2D eigenvalue weighted by molar-refractivity contribution is 5.80. The highest BCUT2D eigenvalue weighted by Crippen LogP contribution is 2.39. The maximum Gasteiger partial charge on any atom is 0.223 e. The Morgan fingerprint density at radius 1 is 1.28 bits per heavy atom. The molecule has 0 unspecified atom stereocenters. The van der Waals surface area contributed by atoms with Crippen molar-refractivity contribution < 1.29 is 9.59 Å². The van der Waals surface area contributed by atoms with Crippen molar-refractivity contribution in [2.75, 3.05) is 40.3 Å². The Bertz CT molecular complexity index is 589. The summed E-state index contributed by atoms with van der Waals surface area (Å²) in [5.74, 6) is 0.516. The Morgan fingerprint density at radius 3 is 2.68 bits per heavy atom.